The van der Waals surface area contributed by atoms with E-state index in [1.165, 1.54) is 63.5 Å². The summed E-state index contributed by atoms with van der Waals surface area (Å²) in [5, 5.41) is 6.93. The molecule has 5 heteroatoms. The molecule has 1 amide bonds. The van der Waals surface area contributed by atoms with E-state index in [0.29, 0.717) is 5.92 Å². The first kappa shape index (κ1) is 21.4. The van der Waals surface area contributed by atoms with Crippen molar-refractivity contribution in [1.82, 2.24) is 10.6 Å². The molecule has 4 nitrogen and oxygen atoms in total. The minimum absolute atomic E-state index is 0. The molecule has 3 fully saturated rings. The Morgan fingerprint density at radius 2 is 1.43 bits per heavy atom. The van der Waals surface area contributed by atoms with Crippen LogP contribution in [0.15, 0.2) is 30.3 Å². The molecule has 1 aliphatic carbocycles. The first-order valence-electron chi connectivity index (χ1n) is 11.2. The minimum Gasteiger partial charge on any atom is -0.336 e. The molecule has 28 heavy (non-hydrogen) atoms. The second-order valence-electron chi connectivity index (χ2n) is 8.72. The zero-order valence-electron chi connectivity index (χ0n) is 17.0. The lowest BCUT2D eigenvalue weighted by molar-refractivity contribution is -0.124. The van der Waals surface area contributed by atoms with E-state index in [1.807, 2.05) is 0 Å². The number of amides is 1. The predicted molar refractivity (Wildman–Crippen MR) is 118 cm³/mol. The van der Waals surface area contributed by atoms with E-state index in [4.69, 9.17) is 0 Å². The quantitative estimate of drug-likeness (QED) is 0.753. The van der Waals surface area contributed by atoms with Gasteiger partial charge in [-0.3, -0.25) is 4.79 Å². The normalized spacial score (nSPS) is 26.5. The van der Waals surface area contributed by atoms with Gasteiger partial charge in [-0.2, -0.15) is 0 Å². The number of piperidine rings is 1. The molecule has 2 aliphatic heterocycles. The summed E-state index contributed by atoms with van der Waals surface area (Å²) in [5.41, 5.74) is 0.840. The fourth-order valence-corrected chi connectivity index (χ4v) is 5.50. The van der Waals surface area contributed by atoms with Crippen molar-refractivity contribution in [2.24, 2.45) is 5.92 Å². The third kappa shape index (κ3) is 4.33. The van der Waals surface area contributed by atoms with Crippen LogP contribution in [0, 0.1) is 5.92 Å². The maximum absolute atomic E-state index is 13.3. The van der Waals surface area contributed by atoms with Crippen LogP contribution >= 0.6 is 12.4 Å². The standard InChI is InChI=1S/C23H35N3O.ClH/c27-22-23(15-17-24-18-16-23)26(20-13-9-6-10-14-20)21(25-22)19-11-7-4-2-1-3-5-8-12-19;/h6,9-10,13-14,19,21,24H,1-5,7-8,11-12,15-18H2,(H,25,27);1H. The highest BCUT2D eigenvalue weighted by molar-refractivity contribution is 5.94. The third-order valence-corrected chi connectivity index (χ3v) is 7.00. The Morgan fingerprint density at radius 1 is 0.857 bits per heavy atom. The Hall–Kier alpha value is -1.26. The van der Waals surface area contributed by atoms with E-state index in [-0.39, 0.29) is 30.0 Å². The highest BCUT2D eigenvalue weighted by Crippen LogP contribution is 2.41. The Morgan fingerprint density at radius 3 is 2.04 bits per heavy atom. The van der Waals surface area contributed by atoms with Crippen LogP contribution in [0.3, 0.4) is 0 Å². The van der Waals surface area contributed by atoms with Gasteiger partial charge in [0.25, 0.3) is 0 Å². The predicted octanol–water partition coefficient (Wildman–Crippen LogP) is 4.63. The average molecular weight is 406 g/mol. The Labute approximate surface area is 176 Å². The number of hydrogen-bond acceptors (Lipinski definition) is 3. The highest BCUT2D eigenvalue weighted by atomic mass is 35.5. The molecule has 1 unspecified atom stereocenters. The number of nitrogens with zero attached hydrogens (tertiary/aromatic N) is 1. The molecule has 0 radical (unpaired) electrons. The van der Waals surface area contributed by atoms with Crippen molar-refractivity contribution in [2.45, 2.75) is 82.3 Å². The smallest absolute Gasteiger partial charge is 0.247 e. The monoisotopic (exact) mass is 405 g/mol. The number of para-hydroxylation sites is 1. The summed E-state index contributed by atoms with van der Waals surface area (Å²) in [7, 11) is 0. The summed E-state index contributed by atoms with van der Waals surface area (Å²) in [6.45, 7) is 1.85. The molecule has 4 rings (SSSR count). The van der Waals surface area contributed by atoms with E-state index < -0.39 is 0 Å². The van der Waals surface area contributed by atoms with Gasteiger partial charge in [-0.25, -0.2) is 0 Å². The number of carbonyl (C=O) groups is 1. The Kier molecular flexibility index (Phi) is 7.64. The fourth-order valence-electron chi connectivity index (χ4n) is 5.50. The number of benzene rings is 1. The third-order valence-electron chi connectivity index (χ3n) is 7.00. The molecule has 3 aliphatic rings. The van der Waals surface area contributed by atoms with Crippen LogP contribution in [-0.4, -0.2) is 30.7 Å². The summed E-state index contributed by atoms with van der Waals surface area (Å²) >= 11 is 0. The lowest BCUT2D eigenvalue weighted by atomic mass is 9.84. The van der Waals surface area contributed by atoms with E-state index in [2.05, 4.69) is 45.9 Å². The fraction of sp³-hybridized carbons (Fsp3) is 0.696. The second kappa shape index (κ2) is 9.98. The van der Waals surface area contributed by atoms with Gasteiger partial charge in [-0.05, 0) is 56.8 Å². The topological polar surface area (TPSA) is 44.4 Å². The molecule has 0 bridgehead atoms. The van der Waals surface area contributed by atoms with Crippen LogP contribution in [0.1, 0.15) is 70.6 Å². The van der Waals surface area contributed by atoms with Gasteiger partial charge in [0.15, 0.2) is 0 Å². The molecule has 156 valence electrons. The zero-order valence-corrected chi connectivity index (χ0v) is 17.8. The summed E-state index contributed by atoms with van der Waals surface area (Å²) in [6, 6.07) is 10.7. The first-order chi connectivity index (χ1) is 13.3. The average Bonchev–Trinajstić information content (AvgIpc) is 2.99. The first-order valence-corrected chi connectivity index (χ1v) is 11.2. The van der Waals surface area contributed by atoms with Crippen LogP contribution in [0.5, 0.6) is 0 Å². The van der Waals surface area contributed by atoms with Gasteiger partial charge in [0.2, 0.25) is 5.91 Å². The van der Waals surface area contributed by atoms with Gasteiger partial charge in [-0.1, -0.05) is 63.1 Å². The van der Waals surface area contributed by atoms with Gasteiger partial charge >= 0.3 is 0 Å². The van der Waals surface area contributed by atoms with Gasteiger partial charge < -0.3 is 15.5 Å². The highest BCUT2D eigenvalue weighted by Gasteiger charge is 2.54. The van der Waals surface area contributed by atoms with Gasteiger partial charge in [0, 0.05) is 5.69 Å². The SMILES string of the molecule is Cl.O=C1NC(C2CCCCCCCCC2)N(c2ccccc2)C12CCNCC2. The van der Waals surface area contributed by atoms with Crippen molar-refractivity contribution in [3.63, 3.8) is 0 Å². The zero-order chi connectivity index (χ0) is 18.5. The van der Waals surface area contributed by atoms with Crippen molar-refractivity contribution >= 4 is 24.0 Å². The van der Waals surface area contributed by atoms with Crippen LogP contribution in [0.4, 0.5) is 5.69 Å². The van der Waals surface area contributed by atoms with Crippen molar-refractivity contribution in [2.75, 3.05) is 18.0 Å². The number of nitrogens with one attached hydrogen (secondary N) is 2. The molecule has 1 aromatic carbocycles. The molecular formula is C23H36ClN3O. The largest absolute Gasteiger partial charge is 0.336 e. The molecule has 2 saturated heterocycles. The van der Waals surface area contributed by atoms with E-state index in [0.717, 1.165) is 25.9 Å². The summed E-state index contributed by atoms with van der Waals surface area (Å²) in [6.07, 6.45) is 13.9. The number of rotatable bonds is 2. The number of halogens is 1. The van der Waals surface area contributed by atoms with Crippen LogP contribution in [-0.2, 0) is 4.79 Å². The maximum Gasteiger partial charge on any atom is 0.247 e. The number of carbonyl (C=O) groups excluding carboxylic acids is 1. The van der Waals surface area contributed by atoms with Crippen LogP contribution < -0.4 is 15.5 Å². The summed E-state index contributed by atoms with van der Waals surface area (Å²) < 4.78 is 0. The number of hydrogen-bond donors (Lipinski definition) is 2. The molecule has 2 N–H and O–H groups in total. The summed E-state index contributed by atoms with van der Waals surface area (Å²) in [5.74, 6) is 0.816. The molecule has 0 aromatic heterocycles. The Bertz CT molecular complexity index is 608. The van der Waals surface area contributed by atoms with Crippen LogP contribution in [0.2, 0.25) is 0 Å². The lowest BCUT2D eigenvalue weighted by Gasteiger charge is -2.44. The van der Waals surface area contributed by atoms with E-state index >= 15 is 0 Å². The van der Waals surface area contributed by atoms with Crippen molar-refractivity contribution in [3.8, 4) is 0 Å². The molecule has 1 saturated carbocycles. The van der Waals surface area contributed by atoms with Gasteiger partial charge in [0.1, 0.15) is 11.7 Å². The molecule has 1 spiro atoms. The van der Waals surface area contributed by atoms with Gasteiger partial charge in [0.05, 0.1) is 0 Å². The summed E-state index contributed by atoms with van der Waals surface area (Å²) in [4.78, 5) is 15.8. The molecule has 1 aromatic rings. The van der Waals surface area contributed by atoms with Crippen molar-refractivity contribution in [3.05, 3.63) is 30.3 Å². The minimum atomic E-state index is -0.368. The van der Waals surface area contributed by atoms with Gasteiger partial charge in [-0.15, -0.1) is 12.4 Å². The van der Waals surface area contributed by atoms with Crippen LogP contribution in [0.25, 0.3) is 0 Å². The Balaban J connectivity index is 0.00000225. The van der Waals surface area contributed by atoms with E-state index in [1.54, 1.807) is 0 Å². The molecular weight excluding hydrogens is 370 g/mol. The lowest BCUT2D eigenvalue weighted by Crippen LogP contribution is -2.57. The second-order valence-corrected chi connectivity index (χ2v) is 8.72. The number of anilines is 1. The van der Waals surface area contributed by atoms with Crippen molar-refractivity contribution in [1.29, 1.82) is 0 Å². The van der Waals surface area contributed by atoms with E-state index in [9.17, 15) is 4.79 Å². The maximum atomic E-state index is 13.3. The molecule has 2 heterocycles. The van der Waals surface area contributed by atoms with Crippen molar-refractivity contribution < 1.29 is 4.79 Å². The molecule has 1 atom stereocenters.